The molecule has 27 heavy (non-hydrogen) atoms. The molecule has 2 amide bonds. The average Bonchev–Trinajstić information content (AvgIpc) is 3.16. The molecule has 0 aliphatic carbocycles. The average molecular weight is 366 g/mol. The molecule has 0 saturated carbocycles. The van der Waals surface area contributed by atoms with Crippen LogP contribution in [0.3, 0.4) is 0 Å². The summed E-state index contributed by atoms with van der Waals surface area (Å²) in [4.78, 5) is 25.1. The van der Waals surface area contributed by atoms with E-state index >= 15 is 0 Å². The molecule has 0 spiro atoms. The van der Waals surface area contributed by atoms with Gasteiger partial charge in [-0.1, -0.05) is 36.4 Å². The number of benzene rings is 2. The van der Waals surface area contributed by atoms with Gasteiger partial charge in [0.1, 0.15) is 0 Å². The van der Waals surface area contributed by atoms with Crippen LogP contribution >= 0.6 is 0 Å². The molecule has 2 heterocycles. The van der Waals surface area contributed by atoms with Crippen molar-refractivity contribution in [1.29, 1.82) is 0 Å². The number of fused-ring (bicyclic) bond motifs is 1. The molecule has 0 radical (unpaired) electrons. The van der Waals surface area contributed by atoms with Crippen LogP contribution in [0.5, 0.6) is 11.5 Å². The largest absolute Gasteiger partial charge is 0.463 e. The summed E-state index contributed by atoms with van der Waals surface area (Å²) in [5.41, 5.74) is 2.19. The fourth-order valence-corrected chi connectivity index (χ4v) is 3.17. The van der Waals surface area contributed by atoms with E-state index in [0.717, 1.165) is 5.56 Å². The standard InChI is InChI=1S/C20H18N2O5/c1-2-25-19(23)16-17(12-6-4-3-5-7-12)21-20(24)22-18(16)13-8-9-14-15(10-13)27-11-26-14/h3-10,18H,2,11H2,1H3,(H2,21,22,24). The molecule has 0 bridgehead atoms. The number of carbonyl (C=O) groups excluding carboxylic acids is 2. The number of hydrogen-bond acceptors (Lipinski definition) is 5. The highest BCUT2D eigenvalue weighted by molar-refractivity contribution is 6.04. The van der Waals surface area contributed by atoms with E-state index in [1.165, 1.54) is 0 Å². The quantitative estimate of drug-likeness (QED) is 0.813. The minimum Gasteiger partial charge on any atom is -0.463 e. The second-order valence-corrected chi connectivity index (χ2v) is 6.02. The van der Waals surface area contributed by atoms with Crippen LogP contribution in [0.2, 0.25) is 0 Å². The van der Waals surface area contributed by atoms with Gasteiger partial charge in [-0.2, -0.15) is 0 Å². The van der Waals surface area contributed by atoms with Crippen molar-refractivity contribution >= 4 is 17.7 Å². The zero-order chi connectivity index (χ0) is 18.8. The number of urea groups is 1. The van der Waals surface area contributed by atoms with Gasteiger partial charge in [0.2, 0.25) is 6.79 Å². The summed E-state index contributed by atoms with van der Waals surface area (Å²) in [6.07, 6.45) is 0. The van der Waals surface area contributed by atoms with E-state index in [0.29, 0.717) is 28.3 Å². The van der Waals surface area contributed by atoms with Crippen molar-refractivity contribution in [3.8, 4) is 11.5 Å². The Kier molecular flexibility index (Phi) is 4.42. The smallest absolute Gasteiger partial charge is 0.338 e. The molecule has 138 valence electrons. The second-order valence-electron chi connectivity index (χ2n) is 6.02. The van der Waals surface area contributed by atoms with Gasteiger partial charge in [-0.3, -0.25) is 0 Å². The summed E-state index contributed by atoms with van der Waals surface area (Å²) in [7, 11) is 0. The molecule has 4 rings (SSSR count). The number of nitrogens with one attached hydrogen (secondary N) is 2. The summed E-state index contributed by atoms with van der Waals surface area (Å²) < 4.78 is 16.0. The van der Waals surface area contributed by atoms with Crippen LogP contribution in [0.4, 0.5) is 4.79 Å². The van der Waals surface area contributed by atoms with Crippen LogP contribution in [0.25, 0.3) is 5.70 Å². The van der Waals surface area contributed by atoms with Crippen LogP contribution in [-0.2, 0) is 9.53 Å². The minimum atomic E-state index is -0.678. The lowest BCUT2D eigenvalue weighted by atomic mass is 9.92. The maximum atomic E-state index is 12.8. The summed E-state index contributed by atoms with van der Waals surface area (Å²) >= 11 is 0. The molecule has 7 heteroatoms. The lowest BCUT2D eigenvalue weighted by Crippen LogP contribution is -2.45. The van der Waals surface area contributed by atoms with Crippen molar-refractivity contribution in [2.75, 3.05) is 13.4 Å². The third-order valence-electron chi connectivity index (χ3n) is 4.36. The third kappa shape index (κ3) is 3.19. The van der Waals surface area contributed by atoms with Crippen molar-refractivity contribution in [3.63, 3.8) is 0 Å². The third-order valence-corrected chi connectivity index (χ3v) is 4.36. The number of carbonyl (C=O) groups is 2. The van der Waals surface area contributed by atoms with E-state index < -0.39 is 18.0 Å². The van der Waals surface area contributed by atoms with Crippen molar-refractivity contribution in [3.05, 3.63) is 65.2 Å². The van der Waals surface area contributed by atoms with Gasteiger partial charge in [-0.15, -0.1) is 0 Å². The van der Waals surface area contributed by atoms with E-state index in [9.17, 15) is 9.59 Å². The Morgan fingerprint density at radius 2 is 1.93 bits per heavy atom. The molecule has 2 aromatic rings. The Morgan fingerprint density at radius 3 is 2.70 bits per heavy atom. The van der Waals surface area contributed by atoms with Crippen molar-refractivity contribution in [2.45, 2.75) is 13.0 Å². The molecule has 0 aromatic heterocycles. The van der Waals surface area contributed by atoms with Gasteiger partial charge >= 0.3 is 12.0 Å². The Hall–Kier alpha value is -3.48. The van der Waals surface area contributed by atoms with Gasteiger partial charge in [0.05, 0.1) is 23.9 Å². The highest BCUT2D eigenvalue weighted by atomic mass is 16.7. The molecule has 1 atom stereocenters. The first kappa shape index (κ1) is 17.0. The molecule has 0 saturated heterocycles. The van der Waals surface area contributed by atoms with Crippen LogP contribution in [0, 0.1) is 0 Å². The molecular formula is C20H18N2O5. The maximum absolute atomic E-state index is 12.8. The number of ether oxygens (including phenoxy) is 3. The van der Waals surface area contributed by atoms with E-state index in [2.05, 4.69) is 10.6 Å². The Morgan fingerprint density at radius 1 is 1.15 bits per heavy atom. The van der Waals surface area contributed by atoms with Crippen LogP contribution in [0.15, 0.2) is 54.1 Å². The number of esters is 1. The molecular weight excluding hydrogens is 348 g/mol. The number of hydrogen-bond donors (Lipinski definition) is 2. The molecule has 1 unspecified atom stereocenters. The summed E-state index contributed by atoms with van der Waals surface area (Å²) in [6, 6.07) is 13.5. The van der Waals surface area contributed by atoms with E-state index in [4.69, 9.17) is 14.2 Å². The van der Waals surface area contributed by atoms with Gasteiger partial charge in [-0.05, 0) is 30.2 Å². The first-order valence-corrected chi connectivity index (χ1v) is 8.61. The highest BCUT2D eigenvalue weighted by Crippen LogP contribution is 2.38. The zero-order valence-corrected chi connectivity index (χ0v) is 14.7. The molecule has 2 aliphatic heterocycles. The molecule has 2 N–H and O–H groups in total. The van der Waals surface area contributed by atoms with E-state index in [-0.39, 0.29) is 13.4 Å². The molecule has 0 fully saturated rings. The van der Waals surface area contributed by atoms with Gasteiger partial charge in [0.15, 0.2) is 11.5 Å². The summed E-state index contributed by atoms with van der Waals surface area (Å²) in [6.45, 7) is 2.12. The number of amides is 2. The van der Waals surface area contributed by atoms with Crippen LogP contribution in [0.1, 0.15) is 24.1 Å². The topological polar surface area (TPSA) is 85.9 Å². The fourth-order valence-electron chi connectivity index (χ4n) is 3.17. The predicted octanol–water partition coefficient (Wildman–Crippen LogP) is 2.74. The molecule has 7 nitrogen and oxygen atoms in total. The first-order chi connectivity index (χ1) is 13.2. The lowest BCUT2D eigenvalue weighted by Gasteiger charge is -2.29. The van der Waals surface area contributed by atoms with E-state index in [1.54, 1.807) is 25.1 Å². The summed E-state index contributed by atoms with van der Waals surface area (Å²) in [5, 5.41) is 5.55. The zero-order valence-electron chi connectivity index (χ0n) is 14.7. The Bertz CT molecular complexity index is 923. The minimum absolute atomic E-state index is 0.146. The van der Waals surface area contributed by atoms with Gasteiger partial charge < -0.3 is 24.8 Å². The number of rotatable bonds is 4. The van der Waals surface area contributed by atoms with Gasteiger partial charge in [-0.25, -0.2) is 9.59 Å². The second kappa shape index (κ2) is 7.03. The first-order valence-electron chi connectivity index (χ1n) is 8.61. The normalized spacial score (nSPS) is 18.0. The SMILES string of the molecule is CCOC(=O)C1=C(c2ccccc2)NC(=O)NC1c1ccc2c(c1)OCO2. The highest BCUT2D eigenvalue weighted by Gasteiger charge is 2.35. The Balaban J connectivity index is 1.85. The van der Waals surface area contributed by atoms with Crippen LogP contribution in [-0.4, -0.2) is 25.4 Å². The summed E-state index contributed by atoms with van der Waals surface area (Å²) in [5.74, 6) is 0.709. The predicted molar refractivity (Wildman–Crippen MR) is 97.0 cm³/mol. The lowest BCUT2D eigenvalue weighted by molar-refractivity contribution is -0.138. The van der Waals surface area contributed by atoms with Crippen LogP contribution < -0.4 is 20.1 Å². The monoisotopic (exact) mass is 366 g/mol. The van der Waals surface area contributed by atoms with Crippen molar-refractivity contribution < 1.29 is 23.8 Å². The maximum Gasteiger partial charge on any atom is 0.338 e. The Labute approximate surface area is 155 Å². The van der Waals surface area contributed by atoms with Crippen molar-refractivity contribution in [2.24, 2.45) is 0 Å². The van der Waals surface area contributed by atoms with Gasteiger partial charge in [0, 0.05) is 0 Å². The van der Waals surface area contributed by atoms with Gasteiger partial charge in [0.25, 0.3) is 0 Å². The molecule has 2 aliphatic rings. The van der Waals surface area contributed by atoms with Crippen molar-refractivity contribution in [1.82, 2.24) is 10.6 Å². The fraction of sp³-hybridized carbons (Fsp3) is 0.200. The molecule has 2 aromatic carbocycles. The van der Waals surface area contributed by atoms with E-state index in [1.807, 2.05) is 30.3 Å².